The van der Waals surface area contributed by atoms with Crippen LogP contribution in [0.4, 0.5) is 0 Å². The number of halogens is 1. The molecule has 0 aromatic heterocycles. The molecule has 1 N–H and O–H groups in total. The third-order valence-corrected chi connectivity index (χ3v) is 4.47. The molecule has 2 rings (SSSR count). The lowest BCUT2D eigenvalue weighted by atomic mass is 9.95. The lowest BCUT2D eigenvalue weighted by molar-refractivity contribution is -0.151. The van der Waals surface area contributed by atoms with Gasteiger partial charge < -0.3 is 15.0 Å². The normalized spacial score (nSPS) is 24.3. The molecule has 0 aromatic rings. The first-order valence-electron chi connectivity index (χ1n) is 7.78. The van der Waals surface area contributed by atoms with Gasteiger partial charge in [0, 0.05) is 12.6 Å². The summed E-state index contributed by atoms with van der Waals surface area (Å²) in [5.74, 6) is -0.260. The minimum Gasteiger partial charge on any atom is -0.467 e. The molecule has 0 aromatic carbocycles. The van der Waals surface area contributed by atoms with E-state index in [2.05, 4.69) is 5.32 Å². The first-order valence-corrected chi connectivity index (χ1v) is 7.78. The van der Waals surface area contributed by atoms with E-state index in [1.54, 1.807) is 4.90 Å². The highest BCUT2D eigenvalue weighted by Crippen LogP contribution is 2.21. The summed E-state index contributed by atoms with van der Waals surface area (Å²) in [7, 11) is 1.38. The Morgan fingerprint density at radius 1 is 1.14 bits per heavy atom. The minimum atomic E-state index is -0.386. The SMILES string of the molecule is COC(=O)[C@@H]1CCCN1C(=O)[C@@H](C)NC1CCCCC1.Cl. The maximum atomic E-state index is 12.5. The van der Waals surface area contributed by atoms with E-state index in [-0.39, 0.29) is 36.4 Å². The molecule has 0 unspecified atom stereocenters. The van der Waals surface area contributed by atoms with Gasteiger partial charge in [0.25, 0.3) is 0 Å². The predicted octanol–water partition coefficient (Wildman–Crippen LogP) is 1.88. The average molecular weight is 319 g/mol. The van der Waals surface area contributed by atoms with Gasteiger partial charge in [-0.15, -0.1) is 12.4 Å². The quantitative estimate of drug-likeness (QED) is 0.804. The van der Waals surface area contributed by atoms with Crippen molar-refractivity contribution >= 4 is 24.3 Å². The number of likely N-dealkylation sites (tertiary alicyclic amines) is 1. The van der Waals surface area contributed by atoms with Crippen LogP contribution in [0.25, 0.3) is 0 Å². The molecule has 5 nitrogen and oxygen atoms in total. The Morgan fingerprint density at radius 2 is 1.81 bits per heavy atom. The van der Waals surface area contributed by atoms with E-state index in [0.29, 0.717) is 19.0 Å². The molecule has 2 fully saturated rings. The molecule has 1 heterocycles. The Labute approximate surface area is 133 Å². The fourth-order valence-corrected chi connectivity index (χ4v) is 3.35. The van der Waals surface area contributed by atoms with E-state index in [9.17, 15) is 9.59 Å². The van der Waals surface area contributed by atoms with Crippen molar-refractivity contribution in [3.63, 3.8) is 0 Å². The van der Waals surface area contributed by atoms with Crippen molar-refractivity contribution < 1.29 is 14.3 Å². The van der Waals surface area contributed by atoms with E-state index >= 15 is 0 Å². The molecule has 2 aliphatic rings. The van der Waals surface area contributed by atoms with E-state index in [0.717, 1.165) is 19.3 Å². The van der Waals surface area contributed by atoms with Gasteiger partial charge >= 0.3 is 5.97 Å². The Bertz CT molecular complexity index is 359. The molecule has 1 aliphatic carbocycles. The van der Waals surface area contributed by atoms with E-state index in [4.69, 9.17) is 4.74 Å². The smallest absolute Gasteiger partial charge is 0.328 e. The third kappa shape index (κ3) is 4.58. The molecule has 1 amide bonds. The summed E-state index contributed by atoms with van der Waals surface area (Å²) in [5.41, 5.74) is 0. The summed E-state index contributed by atoms with van der Waals surface area (Å²) in [6.07, 6.45) is 7.68. The van der Waals surface area contributed by atoms with Gasteiger partial charge in [-0.25, -0.2) is 4.79 Å². The van der Waals surface area contributed by atoms with Gasteiger partial charge in [0.15, 0.2) is 0 Å². The molecule has 6 heteroatoms. The number of hydrogen-bond donors (Lipinski definition) is 1. The van der Waals surface area contributed by atoms with Crippen molar-refractivity contribution in [3.05, 3.63) is 0 Å². The number of methoxy groups -OCH3 is 1. The second-order valence-corrected chi connectivity index (χ2v) is 5.94. The Kier molecular flexibility index (Phi) is 7.46. The number of esters is 1. The zero-order chi connectivity index (χ0) is 14.5. The van der Waals surface area contributed by atoms with Gasteiger partial charge in [0.05, 0.1) is 13.2 Å². The first-order chi connectivity index (χ1) is 9.63. The molecule has 1 saturated heterocycles. The van der Waals surface area contributed by atoms with Crippen LogP contribution in [0.15, 0.2) is 0 Å². The molecule has 1 aliphatic heterocycles. The highest BCUT2D eigenvalue weighted by atomic mass is 35.5. The fraction of sp³-hybridized carbons (Fsp3) is 0.867. The van der Waals surface area contributed by atoms with Crippen molar-refractivity contribution in [2.24, 2.45) is 0 Å². The number of carbonyl (C=O) groups excluding carboxylic acids is 2. The van der Waals surface area contributed by atoms with E-state index in [1.165, 1.54) is 26.4 Å². The van der Waals surface area contributed by atoms with Crippen molar-refractivity contribution in [1.82, 2.24) is 10.2 Å². The van der Waals surface area contributed by atoms with Crippen LogP contribution < -0.4 is 5.32 Å². The molecule has 1 saturated carbocycles. The lowest BCUT2D eigenvalue weighted by Crippen LogP contribution is -2.51. The topological polar surface area (TPSA) is 58.6 Å². The summed E-state index contributed by atoms with van der Waals surface area (Å²) in [4.78, 5) is 25.9. The molecule has 0 bridgehead atoms. The molecular formula is C15H27ClN2O3. The fourth-order valence-electron chi connectivity index (χ4n) is 3.35. The number of hydrogen-bond acceptors (Lipinski definition) is 4. The lowest BCUT2D eigenvalue weighted by Gasteiger charge is -2.30. The first kappa shape index (κ1) is 18.2. The zero-order valence-electron chi connectivity index (χ0n) is 13.0. The molecule has 122 valence electrons. The summed E-state index contributed by atoms with van der Waals surface area (Å²) < 4.78 is 4.79. The Morgan fingerprint density at radius 3 is 2.43 bits per heavy atom. The molecule has 0 radical (unpaired) electrons. The van der Waals surface area contributed by atoms with Crippen LogP contribution in [-0.2, 0) is 14.3 Å². The van der Waals surface area contributed by atoms with Crippen molar-refractivity contribution in [2.75, 3.05) is 13.7 Å². The monoisotopic (exact) mass is 318 g/mol. The maximum absolute atomic E-state index is 12.5. The molecule has 21 heavy (non-hydrogen) atoms. The van der Waals surface area contributed by atoms with E-state index in [1.807, 2.05) is 6.92 Å². The average Bonchev–Trinajstić information content (AvgIpc) is 2.96. The summed E-state index contributed by atoms with van der Waals surface area (Å²) in [6.45, 7) is 2.57. The molecule has 0 spiro atoms. The summed E-state index contributed by atoms with van der Waals surface area (Å²) >= 11 is 0. The number of carbonyl (C=O) groups is 2. The number of rotatable bonds is 4. The maximum Gasteiger partial charge on any atom is 0.328 e. The largest absolute Gasteiger partial charge is 0.467 e. The van der Waals surface area contributed by atoms with Crippen LogP contribution in [0.5, 0.6) is 0 Å². The van der Waals surface area contributed by atoms with Crippen molar-refractivity contribution in [1.29, 1.82) is 0 Å². The summed E-state index contributed by atoms with van der Waals surface area (Å²) in [5, 5.41) is 3.43. The number of ether oxygens (including phenoxy) is 1. The predicted molar refractivity (Wildman–Crippen MR) is 83.5 cm³/mol. The van der Waals surface area contributed by atoms with Crippen LogP contribution in [0.3, 0.4) is 0 Å². The zero-order valence-corrected chi connectivity index (χ0v) is 13.8. The second kappa shape index (κ2) is 8.59. The van der Waals surface area contributed by atoms with Crippen LogP contribution in [0.1, 0.15) is 51.9 Å². The van der Waals surface area contributed by atoms with Crippen LogP contribution in [-0.4, -0.2) is 48.6 Å². The third-order valence-electron chi connectivity index (χ3n) is 4.47. The standard InChI is InChI=1S/C15H26N2O3.ClH/c1-11(16-12-7-4-3-5-8-12)14(18)17-10-6-9-13(17)15(19)20-2;/h11-13,16H,3-10H2,1-2H3;1H/t11-,13+;/m1./s1. The van der Waals surface area contributed by atoms with E-state index < -0.39 is 0 Å². The minimum absolute atomic E-state index is 0. The number of amides is 1. The molecule has 2 atom stereocenters. The highest BCUT2D eigenvalue weighted by molar-refractivity contribution is 5.88. The summed E-state index contributed by atoms with van der Waals surface area (Å²) in [6, 6.07) is -0.159. The van der Waals surface area contributed by atoms with Gasteiger partial charge in [0.1, 0.15) is 6.04 Å². The van der Waals surface area contributed by atoms with Crippen molar-refractivity contribution in [2.45, 2.75) is 70.0 Å². The van der Waals surface area contributed by atoms with Gasteiger partial charge in [0.2, 0.25) is 5.91 Å². The number of nitrogens with one attached hydrogen (secondary N) is 1. The van der Waals surface area contributed by atoms with Crippen LogP contribution in [0, 0.1) is 0 Å². The highest BCUT2D eigenvalue weighted by Gasteiger charge is 2.36. The Hall–Kier alpha value is -0.810. The van der Waals surface area contributed by atoms with Gasteiger partial charge in [-0.2, -0.15) is 0 Å². The Balaban J connectivity index is 0.00000220. The van der Waals surface area contributed by atoms with Crippen molar-refractivity contribution in [3.8, 4) is 0 Å². The van der Waals surface area contributed by atoms with Gasteiger partial charge in [-0.3, -0.25) is 4.79 Å². The van der Waals surface area contributed by atoms with Gasteiger partial charge in [-0.05, 0) is 32.6 Å². The molecular weight excluding hydrogens is 292 g/mol. The van der Waals surface area contributed by atoms with Crippen LogP contribution in [0.2, 0.25) is 0 Å². The van der Waals surface area contributed by atoms with Gasteiger partial charge in [-0.1, -0.05) is 19.3 Å². The van der Waals surface area contributed by atoms with Crippen LogP contribution >= 0.6 is 12.4 Å². The second-order valence-electron chi connectivity index (χ2n) is 5.94. The number of nitrogens with zero attached hydrogens (tertiary/aromatic N) is 1.